The smallest absolute Gasteiger partial charge is 0.335 e. The van der Waals surface area contributed by atoms with E-state index in [1.54, 1.807) is 30.3 Å². The predicted octanol–water partition coefficient (Wildman–Crippen LogP) is 4.39. The van der Waals surface area contributed by atoms with E-state index in [1.165, 1.54) is 12.7 Å². The van der Waals surface area contributed by atoms with Crippen LogP contribution in [0, 0.1) is 6.92 Å². The van der Waals surface area contributed by atoms with Gasteiger partial charge in [-0.25, -0.2) is 9.69 Å². The third-order valence-corrected chi connectivity index (χ3v) is 6.75. The number of imide groups is 2. The fourth-order valence-corrected chi connectivity index (χ4v) is 4.67. The lowest BCUT2D eigenvalue weighted by Gasteiger charge is -2.45. The number of fused-ring (bicyclic) bond motifs is 1. The number of barbiturate groups is 1. The maximum atomic E-state index is 13.2. The number of nitrogens with zero attached hydrogens (tertiary/aromatic N) is 2. The normalized spacial score (nSPS) is 21.2. The number of anilines is 2. The zero-order chi connectivity index (χ0) is 24.1. The Morgan fingerprint density at radius 2 is 1.79 bits per heavy atom. The summed E-state index contributed by atoms with van der Waals surface area (Å²) in [5.41, 5.74) is 4.40. The van der Waals surface area contributed by atoms with Gasteiger partial charge in [-0.15, -0.1) is 0 Å². The first kappa shape index (κ1) is 22.6. The first-order valence-electron chi connectivity index (χ1n) is 11.0. The molecule has 172 valence electrons. The summed E-state index contributed by atoms with van der Waals surface area (Å²) in [5.74, 6) is -0.421. The number of hydrogen-bond donors (Lipinski definition) is 1. The minimum absolute atomic E-state index is 0.0390. The van der Waals surface area contributed by atoms with Crippen LogP contribution in [0.5, 0.6) is 5.75 Å². The molecule has 2 aromatic carbocycles. The lowest BCUT2D eigenvalue weighted by Crippen LogP contribution is -2.54. The van der Waals surface area contributed by atoms with Crippen molar-refractivity contribution in [1.82, 2.24) is 5.32 Å². The molecule has 2 heterocycles. The second-order valence-electron chi connectivity index (χ2n) is 9.40. The monoisotopic (exact) mass is 447 g/mol. The minimum Gasteiger partial charge on any atom is -0.497 e. The molecular formula is C26H29N3O4. The van der Waals surface area contributed by atoms with E-state index < -0.39 is 17.8 Å². The van der Waals surface area contributed by atoms with Crippen LogP contribution in [0.2, 0.25) is 0 Å². The van der Waals surface area contributed by atoms with Crippen LogP contribution < -0.4 is 19.9 Å². The Labute approximate surface area is 194 Å². The van der Waals surface area contributed by atoms with Crippen molar-refractivity contribution in [3.05, 3.63) is 58.7 Å². The number of hydrogen-bond acceptors (Lipinski definition) is 5. The Morgan fingerprint density at radius 1 is 1.12 bits per heavy atom. The van der Waals surface area contributed by atoms with E-state index in [-0.39, 0.29) is 11.1 Å². The number of amides is 4. The van der Waals surface area contributed by atoms with Crippen molar-refractivity contribution >= 4 is 35.3 Å². The van der Waals surface area contributed by atoms with Crippen LogP contribution in [0.3, 0.4) is 0 Å². The number of rotatable bonds is 3. The molecule has 1 fully saturated rings. The third-order valence-electron chi connectivity index (χ3n) is 6.75. The van der Waals surface area contributed by atoms with E-state index in [2.05, 4.69) is 50.2 Å². The molecule has 2 aromatic rings. The topological polar surface area (TPSA) is 79.0 Å². The number of urea groups is 1. The Bertz CT molecular complexity index is 1180. The van der Waals surface area contributed by atoms with Crippen LogP contribution in [0.15, 0.2) is 42.0 Å². The van der Waals surface area contributed by atoms with Crippen LogP contribution in [0.1, 0.15) is 49.8 Å². The molecule has 0 bridgehead atoms. The molecule has 2 aliphatic heterocycles. The molecule has 0 radical (unpaired) electrons. The van der Waals surface area contributed by atoms with Gasteiger partial charge in [0.1, 0.15) is 11.3 Å². The molecule has 4 rings (SSSR count). The number of aryl methyl sites for hydroxylation is 1. The van der Waals surface area contributed by atoms with E-state index in [4.69, 9.17) is 4.74 Å². The summed E-state index contributed by atoms with van der Waals surface area (Å²) in [7, 11) is 3.63. The van der Waals surface area contributed by atoms with Gasteiger partial charge in [0.2, 0.25) is 0 Å². The average Bonchev–Trinajstić information content (AvgIpc) is 2.75. The largest absolute Gasteiger partial charge is 0.497 e. The van der Waals surface area contributed by atoms with Gasteiger partial charge >= 0.3 is 6.03 Å². The Morgan fingerprint density at radius 3 is 2.42 bits per heavy atom. The summed E-state index contributed by atoms with van der Waals surface area (Å²) < 4.78 is 5.14. The molecule has 0 saturated carbocycles. The van der Waals surface area contributed by atoms with E-state index in [0.29, 0.717) is 17.4 Å². The van der Waals surface area contributed by atoms with Crippen LogP contribution >= 0.6 is 0 Å². The first-order chi connectivity index (χ1) is 15.5. The molecule has 2 aliphatic rings. The number of carbonyl (C=O) groups excluding carboxylic acids is 3. The van der Waals surface area contributed by atoms with Crippen molar-refractivity contribution in [2.75, 3.05) is 24.0 Å². The number of methoxy groups -OCH3 is 1. The van der Waals surface area contributed by atoms with Crippen molar-refractivity contribution in [3.8, 4) is 5.75 Å². The van der Waals surface area contributed by atoms with Gasteiger partial charge in [-0.05, 0) is 92.3 Å². The van der Waals surface area contributed by atoms with Gasteiger partial charge in [0.15, 0.2) is 0 Å². The predicted molar refractivity (Wildman–Crippen MR) is 129 cm³/mol. The highest BCUT2D eigenvalue weighted by atomic mass is 16.5. The zero-order valence-corrected chi connectivity index (χ0v) is 19.9. The van der Waals surface area contributed by atoms with Crippen LogP contribution in [0.25, 0.3) is 6.08 Å². The standard InChI is InChI=1S/C26H29N3O4/c1-15-11-22-20(16(2)14-26(3,4)28(22)5)12-17(15)13-21-23(30)27-25(32)29(24(21)31)18-7-9-19(33-6)10-8-18/h7-13,16H,14H2,1-6H3,(H,27,30,32)/b21-13+/t16-/m0/s1. The molecule has 1 atom stereocenters. The Kier molecular flexibility index (Phi) is 5.52. The van der Waals surface area contributed by atoms with E-state index in [1.807, 2.05) is 6.92 Å². The Hall–Kier alpha value is -3.61. The van der Waals surface area contributed by atoms with Crippen molar-refractivity contribution in [3.63, 3.8) is 0 Å². The summed E-state index contributed by atoms with van der Waals surface area (Å²) in [5, 5.41) is 2.29. The van der Waals surface area contributed by atoms with Gasteiger partial charge in [-0.2, -0.15) is 0 Å². The lowest BCUT2D eigenvalue weighted by atomic mass is 9.79. The van der Waals surface area contributed by atoms with Gasteiger partial charge < -0.3 is 9.64 Å². The minimum atomic E-state index is -0.771. The highest BCUT2D eigenvalue weighted by molar-refractivity contribution is 6.39. The Balaban J connectivity index is 1.75. The molecular weight excluding hydrogens is 418 g/mol. The molecule has 0 aromatic heterocycles. The number of carbonyl (C=O) groups is 3. The van der Waals surface area contributed by atoms with E-state index >= 15 is 0 Å². The summed E-state index contributed by atoms with van der Waals surface area (Å²) in [6.45, 7) is 8.62. The van der Waals surface area contributed by atoms with Gasteiger partial charge in [-0.3, -0.25) is 14.9 Å². The highest BCUT2D eigenvalue weighted by Gasteiger charge is 2.38. The van der Waals surface area contributed by atoms with Gasteiger partial charge in [0.25, 0.3) is 11.8 Å². The maximum Gasteiger partial charge on any atom is 0.335 e. The highest BCUT2D eigenvalue weighted by Crippen LogP contribution is 2.43. The molecule has 0 aliphatic carbocycles. The molecule has 1 N–H and O–H groups in total. The SMILES string of the molecule is COc1ccc(N2C(=O)NC(=O)/C(=C\c3cc4c(cc3C)N(C)C(C)(C)C[C@@H]4C)C2=O)cc1. The summed E-state index contributed by atoms with van der Waals surface area (Å²) in [6, 6.07) is 9.91. The average molecular weight is 448 g/mol. The quantitative estimate of drug-likeness (QED) is 0.558. The molecule has 1 saturated heterocycles. The van der Waals surface area contributed by atoms with Crippen molar-refractivity contribution in [2.45, 2.75) is 45.6 Å². The summed E-state index contributed by atoms with van der Waals surface area (Å²) >= 11 is 0. The van der Waals surface area contributed by atoms with Crippen LogP contribution in [0.4, 0.5) is 16.2 Å². The maximum absolute atomic E-state index is 13.2. The summed E-state index contributed by atoms with van der Waals surface area (Å²) in [4.78, 5) is 41.6. The molecule has 0 spiro atoms. The fourth-order valence-electron chi connectivity index (χ4n) is 4.67. The number of benzene rings is 2. The molecule has 7 nitrogen and oxygen atoms in total. The number of ether oxygens (including phenoxy) is 1. The second-order valence-corrected chi connectivity index (χ2v) is 9.40. The van der Waals surface area contributed by atoms with Crippen molar-refractivity contribution in [2.24, 2.45) is 0 Å². The van der Waals surface area contributed by atoms with Crippen LogP contribution in [-0.4, -0.2) is 37.5 Å². The van der Waals surface area contributed by atoms with Crippen LogP contribution in [-0.2, 0) is 9.59 Å². The van der Waals surface area contributed by atoms with Gasteiger partial charge in [-0.1, -0.05) is 6.92 Å². The van der Waals surface area contributed by atoms with Crippen molar-refractivity contribution in [1.29, 1.82) is 0 Å². The van der Waals surface area contributed by atoms with E-state index in [9.17, 15) is 14.4 Å². The lowest BCUT2D eigenvalue weighted by molar-refractivity contribution is -0.122. The fraction of sp³-hybridized carbons (Fsp3) is 0.346. The molecule has 4 amide bonds. The van der Waals surface area contributed by atoms with Crippen molar-refractivity contribution < 1.29 is 19.1 Å². The second kappa shape index (κ2) is 8.06. The van der Waals surface area contributed by atoms with E-state index in [0.717, 1.165) is 28.1 Å². The van der Waals surface area contributed by atoms with Gasteiger partial charge in [0, 0.05) is 18.3 Å². The molecule has 0 unspecified atom stereocenters. The molecule has 7 heteroatoms. The third kappa shape index (κ3) is 3.88. The first-order valence-corrected chi connectivity index (χ1v) is 11.0. The number of nitrogens with one attached hydrogen (secondary N) is 1. The summed E-state index contributed by atoms with van der Waals surface area (Å²) in [6.07, 6.45) is 2.58. The zero-order valence-electron chi connectivity index (χ0n) is 19.9. The van der Waals surface area contributed by atoms with Gasteiger partial charge in [0.05, 0.1) is 12.8 Å². The molecule has 33 heavy (non-hydrogen) atoms.